The number of fused-ring (bicyclic) bond motifs is 1. The third kappa shape index (κ3) is 3.89. The Bertz CT molecular complexity index is 899. The Morgan fingerprint density at radius 1 is 1.40 bits per heavy atom. The molecule has 25 heavy (non-hydrogen) atoms. The molecule has 3 aromatic heterocycles. The van der Waals surface area contributed by atoms with Crippen LogP contribution in [0.15, 0.2) is 29.9 Å². The van der Waals surface area contributed by atoms with Gasteiger partial charge in [0, 0.05) is 19.3 Å². The van der Waals surface area contributed by atoms with Crippen LogP contribution in [0.3, 0.4) is 0 Å². The monoisotopic (exact) mass is 360 g/mol. The van der Waals surface area contributed by atoms with Crippen LogP contribution < -0.4 is 16.4 Å². The Balaban J connectivity index is 1.90. The van der Waals surface area contributed by atoms with E-state index in [0.717, 1.165) is 6.20 Å². The summed E-state index contributed by atoms with van der Waals surface area (Å²) >= 11 is 1.40. The van der Waals surface area contributed by atoms with Crippen LogP contribution in [0.25, 0.3) is 10.2 Å². The zero-order chi connectivity index (χ0) is 17.8. The first-order valence-corrected chi connectivity index (χ1v) is 8.57. The number of hydrogen-bond acceptors (Lipinski definition) is 7. The summed E-state index contributed by atoms with van der Waals surface area (Å²) in [6.45, 7) is 2.55. The van der Waals surface area contributed by atoms with Crippen LogP contribution in [-0.4, -0.2) is 33.9 Å². The van der Waals surface area contributed by atoms with E-state index < -0.39 is 5.82 Å². The lowest BCUT2D eigenvalue weighted by atomic mass is 10.1. The van der Waals surface area contributed by atoms with Crippen molar-refractivity contribution in [1.82, 2.24) is 20.3 Å². The molecule has 0 aliphatic carbocycles. The van der Waals surface area contributed by atoms with Crippen molar-refractivity contribution in [1.29, 1.82) is 0 Å². The summed E-state index contributed by atoms with van der Waals surface area (Å²) in [5.74, 6) is -0.425. The van der Waals surface area contributed by atoms with E-state index in [1.807, 2.05) is 18.4 Å². The summed E-state index contributed by atoms with van der Waals surface area (Å²) < 4.78 is 14.0. The fourth-order valence-corrected chi connectivity index (χ4v) is 3.11. The molecule has 3 aromatic rings. The molecule has 0 saturated heterocycles. The second kappa shape index (κ2) is 7.49. The molecule has 0 radical (unpaired) electrons. The number of nitrogens with one attached hydrogen (secondary N) is 2. The molecule has 0 bridgehead atoms. The van der Waals surface area contributed by atoms with Gasteiger partial charge >= 0.3 is 0 Å². The predicted molar refractivity (Wildman–Crippen MR) is 95.0 cm³/mol. The number of thiophene rings is 1. The molecule has 3 heterocycles. The maximum Gasteiger partial charge on any atom is 0.271 e. The minimum Gasteiger partial charge on any atom is -0.349 e. The van der Waals surface area contributed by atoms with Crippen molar-refractivity contribution in [2.45, 2.75) is 13.0 Å². The number of aromatic nitrogens is 3. The lowest BCUT2D eigenvalue weighted by Crippen LogP contribution is -2.30. The van der Waals surface area contributed by atoms with Crippen LogP contribution in [-0.2, 0) is 0 Å². The third-order valence-corrected chi connectivity index (χ3v) is 4.43. The molecule has 130 valence electrons. The second-order valence-electron chi connectivity index (χ2n) is 5.38. The van der Waals surface area contributed by atoms with Gasteiger partial charge < -0.3 is 16.4 Å². The van der Waals surface area contributed by atoms with Crippen molar-refractivity contribution in [2.24, 2.45) is 5.73 Å². The minimum atomic E-state index is -0.415. The zero-order valence-electron chi connectivity index (χ0n) is 13.5. The fourth-order valence-electron chi connectivity index (χ4n) is 2.29. The summed E-state index contributed by atoms with van der Waals surface area (Å²) in [5.41, 5.74) is 7.05. The summed E-state index contributed by atoms with van der Waals surface area (Å²) in [5, 5.41) is 7.66. The number of pyridine rings is 1. The largest absolute Gasteiger partial charge is 0.349 e. The number of amides is 1. The summed E-state index contributed by atoms with van der Waals surface area (Å²) in [7, 11) is 0. The predicted octanol–water partition coefficient (Wildman–Crippen LogP) is 2.09. The number of carbonyl (C=O) groups excluding carboxylic acids is 1. The van der Waals surface area contributed by atoms with Crippen molar-refractivity contribution in [2.75, 3.05) is 18.4 Å². The van der Waals surface area contributed by atoms with Gasteiger partial charge in [0.15, 0.2) is 5.69 Å². The maximum atomic E-state index is 13.3. The molecule has 7 nitrogen and oxygen atoms in total. The molecule has 0 aromatic carbocycles. The molecule has 0 aliphatic heterocycles. The highest BCUT2D eigenvalue weighted by Crippen LogP contribution is 2.25. The van der Waals surface area contributed by atoms with Crippen LogP contribution in [0, 0.1) is 5.82 Å². The fraction of sp³-hybridized carbons (Fsp3) is 0.250. The highest BCUT2D eigenvalue weighted by atomic mass is 32.1. The van der Waals surface area contributed by atoms with Gasteiger partial charge in [-0.05, 0) is 30.0 Å². The second-order valence-corrected chi connectivity index (χ2v) is 6.29. The summed E-state index contributed by atoms with van der Waals surface area (Å²) in [6.07, 6.45) is 2.71. The quantitative estimate of drug-likeness (QED) is 0.621. The molecule has 0 spiro atoms. The van der Waals surface area contributed by atoms with E-state index in [-0.39, 0.29) is 11.9 Å². The average Bonchev–Trinajstić information content (AvgIpc) is 3.07. The molecule has 9 heteroatoms. The number of nitrogens with two attached hydrogens (primary N) is 1. The van der Waals surface area contributed by atoms with Crippen molar-refractivity contribution in [3.05, 3.63) is 47.0 Å². The molecule has 0 aliphatic rings. The van der Waals surface area contributed by atoms with Gasteiger partial charge in [0.05, 0.1) is 22.5 Å². The molecule has 3 rings (SSSR count). The standard InChI is InChI=1S/C16H17FN6OS/c1-9(10-6-11(17)8-19-7-10)21-16-22-12-2-5-25-14(12)13(23-16)15(24)20-4-3-18/h2,5-9H,3-4,18H2,1H3,(H,20,24)(H,21,22,23). The van der Waals surface area contributed by atoms with Crippen LogP contribution >= 0.6 is 11.3 Å². The van der Waals surface area contributed by atoms with Crippen molar-refractivity contribution in [3.8, 4) is 0 Å². The van der Waals surface area contributed by atoms with Gasteiger partial charge in [0.1, 0.15) is 5.82 Å². The first kappa shape index (κ1) is 17.2. The molecule has 1 unspecified atom stereocenters. The molecule has 0 fully saturated rings. The molecule has 1 atom stereocenters. The van der Waals surface area contributed by atoms with Gasteiger partial charge in [0.25, 0.3) is 5.91 Å². The third-order valence-electron chi connectivity index (χ3n) is 3.52. The Kier molecular flexibility index (Phi) is 5.15. The number of nitrogens with zero attached hydrogens (tertiary/aromatic N) is 3. The van der Waals surface area contributed by atoms with E-state index in [0.29, 0.717) is 40.5 Å². The van der Waals surface area contributed by atoms with Gasteiger partial charge in [-0.1, -0.05) is 0 Å². The van der Waals surface area contributed by atoms with Gasteiger partial charge in [-0.2, -0.15) is 0 Å². The van der Waals surface area contributed by atoms with Crippen LogP contribution in [0.4, 0.5) is 10.3 Å². The SMILES string of the molecule is CC(Nc1nc(C(=O)NCCN)c2sccc2n1)c1cncc(F)c1. The Morgan fingerprint density at radius 2 is 2.24 bits per heavy atom. The van der Waals surface area contributed by atoms with Gasteiger partial charge in [-0.15, -0.1) is 11.3 Å². The van der Waals surface area contributed by atoms with E-state index in [1.165, 1.54) is 17.4 Å². The highest BCUT2D eigenvalue weighted by Gasteiger charge is 2.17. The van der Waals surface area contributed by atoms with E-state index in [4.69, 9.17) is 5.73 Å². The van der Waals surface area contributed by atoms with E-state index in [1.54, 1.807) is 6.20 Å². The lowest BCUT2D eigenvalue weighted by Gasteiger charge is -2.15. The van der Waals surface area contributed by atoms with Crippen molar-refractivity contribution in [3.63, 3.8) is 0 Å². The highest BCUT2D eigenvalue weighted by molar-refractivity contribution is 7.17. The zero-order valence-corrected chi connectivity index (χ0v) is 14.3. The van der Waals surface area contributed by atoms with Gasteiger partial charge in [-0.3, -0.25) is 9.78 Å². The molecule has 1 amide bonds. The maximum absolute atomic E-state index is 13.3. The molecule has 0 saturated carbocycles. The number of carbonyl (C=O) groups is 1. The van der Waals surface area contributed by atoms with E-state index in [2.05, 4.69) is 25.6 Å². The Morgan fingerprint density at radius 3 is 3.00 bits per heavy atom. The Hall–Kier alpha value is -2.65. The van der Waals surface area contributed by atoms with Crippen LogP contribution in [0.5, 0.6) is 0 Å². The van der Waals surface area contributed by atoms with E-state index >= 15 is 0 Å². The molecular formula is C16H17FN6OS. The first-order valence-electron chi connectivity index (χ1n) is 7.69. The molecule has 4 N–H and O–H groups in total. The smallest absolute Gasteiger partial charge is 0.271 e. The minimum absolute atomic E-state index is 0.278. The number of anilines is 1. The number of hydrogen-bond donors (Lipinski definition) is 3. The average molecular weight is 360 g/mol. The number of halogens is 1. The normalized spacial score (nSPS) is 12.1. The van der Waals surface area contributed by atoms with Crippen molar-refractivity contribution >= 4 is 33.4 Å². The molecular weight excluding hydrogens is 343 g/mol. The van der Waals surface area contributed by atoms with Gasteiger partial charge in [-0.25, -0.2) is 14.4 Å². The Labute approximate surface area is 147 Å². The van der Waals surface area contributed by atoms with Crippen LogP contribution in [0.2, 0.25) is 0 Å². The van der Waals surface area contributed by atoms with Crippen molar-refractivity contribution < 1.29 is 9.18 Å². The topological polar surface area (TPSA) is 106 Å². The van der Waals surface area contributed by atoms with Gasteiger partial charge in [0.2, 0.25) is 5.95 Å². The number of rotatable bonds is 6. The van der Waals surface area contributed by atoms with E-state index in [9.17, 15) is 9.18 Å². The summed E-state index contributed by atoms with van der Waals surface area (Å²) in [4.78, 5) is 24.9. The lowest BCUT2D eigenvalue weighted by molar-refractivity contribution is 0.0952. The van der Waals surface area contributed by atoms with Crippen LogP contribution in [0.1, 0.15) is 29.0 Å². The first-order chi connectivity index (χ1) is 12.1. The summed E-state index contributed by atoms with van der Waals surface area (Å²) in [6, 6.07) is 2.93.